The van der Waals surface area contributed by atoms with Crippen LogP contribution in [0.4, 0.5) is 5.69 Å². The molecular weight excluding hydrogens is 332 g/mol. The lowest BCUT2D eigenvalue weighted by Gasteiger charge is -2.17. The van der Waals surface area contributed by atoms with E-state index in [4.69, 9.17) is 0 Å². The number of fused-ring (bicyclic) bond motifs is 1. The van der Waals surface area contributed by atoms with E-state index in [1.54, 1.807) is 24.3 Å². The second-order valence-corrected chi connectivity index (χ2v) is 5.79. The third-order valence-corrected chi connectivity index (χ3v) is 4.00. The highest BCUT2D eigenvalue weighted by Gasteiger charge is 2.34. The van der Waals surface area contributed by atoms with E-state index in [1.165, 1.54) is 4.90 Å². The average molecular weight is 345 g/mol. The molecule has 0 saturated carbocycles. The maximum absolute atomic E-state index is 12.2. The summed E-state index contributed by atoms with van der Waals surface area (Å²) < 4.78 is 0.943. The Labute approximate surface area is 130 Å². The van der Waals surface area contributed by atoms with Gasteiger partial charge in [-0.05, 0) is 36.8 Å². The van der Waals surface area contributed by atoms with Crippen molar-refractivity contribution in [2.24, 2.45) is 0 Å². The molecule has 1 N–H and O–H groups in total. The molecule has 1 aliphatic heterocycles. The van der Waals surface area contributed by atoms with Crippen LogP contribution in [-0.2, 0) is 0 Å². The summed E-state index contributed by atoms with van der Waals surface area (Å²) in [6.07, 6.45) is 0. The van der Waals surface area contributed by atoms with Gasteiger partial charge in [0.15, 0.2) is 0 Å². The molecule has 1 heterocycles. The maximum Gasteiger partial charge on any atom is 0.263 e. The lowest BCUT2D eigenvalue weighted by Crippen LogP contribution is -2.34. The molecule has 0 spiro atoms. The number of aryl methyl sites for hydroxylation is 1. The molecule has 2 amide bonds. The summed E-state index contributed by atoms with van der Waals surface area (Å²) in [7, 11) is 0. The van der Waals surface area contributed by atoms with E-state index in [-0.39, 0.29) is 18.5 Å². The van der Waals surface area contributed by atoms with Gasteiger partial charge >= 0.3 is 0 Å². The lowest BCUT2D eigenvalue weighted by molar-refractivity contribution is 0.0666. The Morgan fingerprint density at radius 1 is 1.05 bits per heavy atom. The number of hydrogen-bond acceptors (Lipinski definition) is 3. The lowest BCUT2D eigenvalue weighted by atomic mass is 10.1. The summed E-state index contributed by atoms with van der Waals surface area (Å²) in [5.41, 5.74) is 2.88. The van der Waals surface area contributed by atoms with Gasteiger partial charge < -0.3 is 5.32 Å². The Hall–Kier alpha value is -2.14. The molecule has 0 radical (unpaired) electrons. The number of nitrogens with zero attached hydrogens (tertiary/aromatic N) is 1. The third-order valence-electron chi connectivity index (χ3n) is 3.51. The van der Waals surface area contributed by atoms with Crippen LogP contribution in [0, 0.1) is 6.92 Å². The van der Waals surface area contributed by atoms with Crippen LogP contribution in [0.2, 0.25) is 0 Å². The van der Waals surface area contributed by atoms with E-state index in [9.17, 15) is 9.59 Å². The zero-order chi connectivity index (χ0) is 15.0. The topological polar surface area (TPSA) is 49.4 Å². The molecule has 0 saturated heterocycles. The highest BCUT2D eigenvalue weighted by atomic mass is 79.9. The van der Waals surface area contributed by atoms with Crippen LogP contribution in [0.25, 0.3) is 0 Å². The van der Waals surface area contributed by atoms with Gasteiger partial charge in [0.05, 0.1) is 17.8 Å². The van der Waals surface area contributed by atoms with Crippen LogP contribution >= 0.6 is 15.9 Å². The number of anilines is 1. The molecule has 3 rings (SSSR count). The quantitative estimate of drug-likeness (QED) is 0.868. The summed E-state index contributed by atoms with van der Waals surface area (Å²) in [5, 5.41) is 3.15. The van der Waals surface area contributed by atoms with Gasteiger partial charge in [-0.25, -0.2) is 0 Å². The van der Waals surface area contributed by atoms with Crippen LogP contribution in [0.1, 0.15) is 26.3 Å². The number of rotatable bonds is 3. The molecule has 0 unspecified atom stereocenters. The summed E-state index contributed by atoms with van der Waals surface area (Å²) >= 11 is 3.41. The molecular formula is C16H13BrN2O2. The number of imide groups is 1. The molecule has 0 bridgehead atoms. The van der Waals surface area contributed by atoms with Gasteiger partial charge in [0, 0.05) is 10.2 Å². The van der Waals surface area contributed by atoms with Crippen molar-refractivity contribution < 1.29 is 9.59 Å². The standard InChI is InChI=1S/C16H13BrN2O2/c1-10-6-7-11(17)8-14(10)18-9-19-15(20)12-4-2-3-5-13(12)16(19)21/h2-8,18H,9H2,1H3. The summed E-state index contributed by atoms with van der Waals surface area (Å²) in [4.78, 5) is 25.7. The minimum Gasteiger partial charge on any atom is -0.367 e. The fraction of sp³-hybridized carbons (Fsp3) is 0.125. The van der Waals surface area contributed by atoms with E-state index >= 15 is 0 Å². The Bertz CT molecular complexity index is 708. The summed E-state index contributed by atoms with van der Waals surface area (Å²) in [6.45, 7) is 2.13. The van der Waals surface area contributed by atoms with Crippen molar-refractivity contribution in [3.63, 3.8) is 0 Å². The van der Waals surface area contributed by atoms with Crippen LogP contribution < -0.4 is 5.32 Å². The molecule has 2 aromatic carbocycles. The number of benzene rings is 2. The fourth-order valence-corrected chi connectivity index (χ4v) is 2.69. The SMILES string of the molecule is Cc1ccc(Br)cc1NCN1C(=O)c2ccccc2C1=O. The smallest absolute Gasteiger partial charge is 0.263 e. The highest BCUT2D eigenvalue weighted by molar-refractivity contribution is 9.10. The molecule has 0 aromatic heterocycles. The predicted octanol–water partition coefficient (Wildman–Crippen LogP) is 3.42. The average Bonchev–Trinajstić information content (AvgIpc) is 2.73. The van der Waals surface area contributed by atoms with Crippen molar-refractivity contribution in [3.8, 4) is 0 Å². The van der Waals surface area contributed by atoms with Crippen molar-refractivity contribution >= 4 is 33.4 Å². The van der Waals surface area contributed by atoms with Crippen molar-refractivity contribution in [1.82, 2.24) is 4.90 Å². The van der Waals surface area contributed by atoms with Gasteiger partial charge in [-0.15, -0.1) is 0 Å². The molecule has 0 atom stereocenters. The van der Waals surface area contributed by atoms with E-state index in [0.29, 0.717) is 11.1 Å². The number of hydrogen-bond donors (Lipinski definition) is 1. The first-order valence-electron chi connectivity index (χ1n) is 6.53. The van der Waals surface area contributed by atoms with Gasteiger partial charge in [0.1, 0.15) is 0 Å². The Morgan fingerprint density at radius 3 is 2.29 bits per heavy atom. The Balaban J connectivity index is 1.80. The molecule has 21 heavy (non-hydrogen) atoms. The van der Waals surface area contributed by atoms with Crippen LogP contribution in [0.5, 0.6) is 0 Å². The molecule has 0 aliphatic carbocycles. The summed E-state index contributed by atoms with van der Waals surface area (Å²) in [5.74, 6) is -0.508. The number of halogens is 1. The first kappa shape index (κ1) is 13.8. The van der Waals surface area contributed by atoms with Crippen molar-refractivity contribution in [1.29, 1.82) is 0 Å². The molecule has 106 valence electrons. The van der Waals surface area contributed by atoms with Crippen molar-refractivity contribution in [2.45, 2.75) is 6.92 Å². The number of nitrogens with one attached hydrogen (secondary N) is 1. The molecule has 5 heteroatoms. The van der Waals surface area contributed by atoms with Gasteiger partial charge in [0.2, 0.25) is 0 Å². The second kappa shape index (κ2) is 5.33. The molecule has 1 aliphatic rings. The molecule has 2 aromatic rings. The first-order valence-corrected chi connectivity index (χ1v) is 7.32. The summed E-state index contributed by atoms with van der Waals surface area (Å²) in [6, 6.07) is 12.7. The minimum atomic E-state index is -0.254. The number of carbonyl (C=O) groups is 2. The third kappa shape index (κ3) is 2.45. The van der Waals surface area contributed by atoms with Gasteiger partial charge in [-0.2, -0.15) is 0 Å². The Kier molecular flexibility index (Phi) is 3.51. The maximum atomic E-state index is 12.2. The van der Waals surface area contributed by atoms with Gasteiger partial charge in [-0.1, -0.05) is 34.1 Å². The zero-order valence-electron chi connectivity index (χ0n) is 11.4. The monoisotopic (exact) mass is 344 g/mol. The largest absolute Gasteiger partial charge is 0.367 e. The zero-order valence-corrected chi connectivity index (χ0v) is 13.0. The fourth-order valence-electron chi connectivity index (χ4n) is 2.33. The normalized spacial score (nSPS) is 13.5. The molecule has 4 nitrogen and oxygen atoms in total. The van der Waals surface area contributed by atoms with Gasteiger partial charge in [0.25, 0.3) is 11.8 Å². The minimum absolute atomic E-state index is 0.156. The van der Waals surface area contributed by atoms with Crippen LogP contribution in [0.3, 0.4) is 0 Å². The van der Waals surface area contributed by atoms with E-state index < -0.39 is 0 Å². The molecule has 0 fully saturated rings. The number of amides is 2. The Morgan fingerprint density at radius 2 is 1.67 bits per heavy atom. The van der Waals surface area contributed by atoms with E-state index in [0.717, 1.165) is 15.7 Å². The van der Waals surface area contributed by atoms with E-state index in [2.05, 4.69) is 21.2 Å². The highest BCUT2D eigenvalue weighted by Crippen LogP contribution is 2.24. The van der Waals surface area contributed by atoms with Crippen LogP contribution in [0.15, 0.2) is 46.9 Å². The predicted molar refractivity (Wildman–Crippen MR) is 84.3 cm³/mol. The number of carbonyl (C=O) groups excluding carboxylic acids is 2. The van der Waals surface area contributed by atoms with Crippen molar-refractivity contribution in [3.05, 3.63) is 63.6 Å². The van der Waals surface area contributed by atoms with Crippen LogP contribution in [-0.4, -0.2) is 23.4 Å². The first-order chi connectivity index (χ1) is 10.1. The second-order valence-electron chi connectivity index (χ2n) is 4.88. The van der Waals surface area contributed by atoms with Crippen molar-refractivity contribution in [2.75, 3.05) is 12.0 Å². The van der Waals surface area contributed by atoms with Gasteiger partial charge in [-0.3, -0.25) is 14.5 Å². The van der Waals surface area contributed by atoms with E-state index in [1.807, 2.05) is 25.1 Å².